The summed E-state index contributed by atoms with van der Waals surface area (Å²) in [6, 6.07) is 3.54. The van der Waals surface area contributed by atoms with E-state index in [4.69, 9.17) is 17.3 Å². The summed E-state index contributed by atoms with van der Waals surface area (Å²) < 4.78 is 0. The fraction of sp³-hybridized carbons (Fsp3) is 0.429. The summed E-state index contributed by atoms with van der Waals surface area (Å²) in [5.74, 6) is 0.691. The topological polar surface area (TPSA) is 63.8 Å². The Balaban J connectivity index is 2.48. The molecule has 0 saturated carbocycles. The van der Waals surface area contributed by atoms with Gasteiger partial charge in [0.05, 0.1) is 0 Å². The number of nitrogens with zero attached hydrogens (tertiary/aromatic N) is 2. The molecule has 0 aliphatic carbocycles. The zero-order valence-electron chi connectivity index (χ0n) is 6.79. The third kappa shape index (κ3) is 3.02. The lowest BCUT2D eigenvalue weighted by Crippen LogP contribution is -2.25. The van der Waals surface area contributed by atoms with Crippen molar-refractivity contribution in [2.45, 2.75) is 13.0 Å². The van der Waals surface area contributed by atoms with Crippen LogP contribution in [0.2, 0.25) is 5.15 Å². The SMILES string of the molecule is CC(N)CNc1ccc(Cl)nn1. The number of anilines is 1. The van der Waals surface area contributed by atoms with Crippen molar-refractivity contribution in [1.82, 2.24) is 10.2 Å². The number of halogens is 1. The number of nitrogens with one attached hydrogen (secondary N) is 1. The van der Waals surface area contributed by atoms with Crippen LogP contribution in [0, 0.1) is 0 Å². The van der Waals surface area contributed by atoms with E-state index in [1.165, 1.54) is 0 Å². The van der Waals surface area contributed by atoms with Crippen LogP contribution in [-0.4, -0.2) is 22.8 Å². The molecule has 4 nitrogen and oxygen atoms in total. The molecule has 0 spiro atoms. The summed E-state index contributed by atoms with van der Waals surface area (Å²) in [5, 5.41) is 10.9. The van der Waals surface area contributed by atoms with Gasteiger partial charge in [0.2, 0.25) is 0 Å². The van der Waals surface area contributed by atoms with Gasteiger partial charge in [-0.05, 0) is 19.1 Å². The van der Waals surface area contributed by atoms with E-state index in [0.29, 0.717) is 17.5 Å². The smallest absolute Gasteiger partial charge is 0.151 e. The van der Waals surface area contributed by atoms with Crippen molar-refractivity contribution < 1.29 is 0 Å². The van der Waals surface area contributed by atoms with Gasteiger partial charge in [-0.15, -0.1) is 10.2 Å². The molecule has 1 rings (SSSR count). The molecule has 0 amide bonds. The molecule has 1 aromatic heterocycles. The lowest BCUT2D eigenvalue weighted by atomic mass is 10.3. The van der Waals surface area contributed by atoms with Crippen LogP contribution in [0.5, 0.6) is 0 Å². The van der Waals surface area contributed by atoms with E-state index in [2.05, 4.69) is 15.5 Å². The third-order valence-electron chi connectivity index (χ3n) is 1.24. The van der Waals surface area contributed by atoms with E-state index in [0.717, 1.165) is 0 Å². The Labute approximate surface area is 76.1 Å². The number of aromatic nitrogens is 2. The Bertz CT molecular complexity index is 234. The van der Waals surface area contributed by atoms with E-state index in [9.17, 15) is 0 Å². The highest BCUT2D eigenvalue weighted by Crippen LogP contribution is 2.05. The van der Waals surface area contributed by atoms with Crippen LogP contribution in [0.3, 0.4) is 0 Å². The average molecular weight is 187 g/mol. The van der Waals surface area contributed by atoms with E-state index in [-0.39, 0.29) is 6.04 Å². The molecule has 0 bridgehead atoms. The molecule has 66 valence electrons. The Morgan fingerprint density at radius 1 is 1.58 bits per heavy atom. The largest absolute Gasteiger partial charge is 0.367 e. The summed E-state index contributed by atoms with van der Waals surface area (Å²) in [5.41, 5.74) is 5.53. The molecule has 1 heterocycles. The van der Waals surface area contributed by atoms with Crippen LogP contribution < -0.4 is 11.1 Å². The van der Waals surface area contributed by atoms with Gasteiger partial charge in [-0.25, -0.2) is 0 Å². The standard InChI is InChI=1S/C7H11ClN4/c1-5(9)4-10-7-3-2-6(8)11-12-7/h2-3,5H,4,9H2,1H3,(H,10,12). The summed E-state index contributed by atoms with van der Waals surface area (Å²) in [4.78, 5) is 0. The van der Waals surface area contributed by atoms with E-state index < -0.39 is 0 Å². The van der Waals surface area contributed by atoms with Crippen LogP contribution >= 0.6 is 11.6 Å². The summed E-state index contributed by atoms with van der Waals surface area (Å²) >= 11 is 5.55. The fourth-order valence-electron chi connectivity index (χ4n) is 0.676. The van der Waals surface area contributed by atoms with Crippen molar-refractivity contribution in [3.8, 4) is 0 Å². The molecule has 1 unspecified atom stereocenters. The van der Waals surface area contributed by atoms with Crippen LogP contribution in [0.15, 0.2) is 12.1 Å². The van der Waals surface area contributed by atoms with Gasteiger partial charge >= 0.3 is 0 Å². The van der Waals surface area contributed by atoms with Crippen molar-refractivity contribution in [1.29, 1.82) is 0 Å². The second-order valence-corrected chi connectivity index (χ2v) is 2.99. The predicted molar refractivity (Wildman–Crippen MR) is 49.2 cm³/mol. The Morgan fingerprint density at radius 3 is 2.83 bits per heavy atom. The summed E-state index contributed by atoms with van der Waals surface area (Å²) in [7, 11) is 0. The first-order chi connectivity index (χ1) is 5.68. The number of nitrogens with two attached hydrogens (primary N) is 1. The van der Waals surface area contributed by atoms with Crippen LogP contribution in [0.1, 0.15) is 6.92 Å². The van der Waals surface area contributed by atoms with Crippen molar-refractivity contribution in [2.75, 3.05) is 11.9 Å². The maximum atomic E-state index is 5.55. The molecule has 3 N–H and O–H groups in total. The minimum atomic E-state index is 0.0995. The molecule has 5 heteroatoms. The molecule has 0 saturated heterocycles. The molecular formula is C7H11ClN4. The zero-order valence-corrected chi connectivity index (χ0v) is 7.54. The Morgan fingerprint density at radius 2 is 2.33 bits per heavy atom. The first kappa shape index (κ1) is 9.22. The lowest BCUT2D eigenvalue weighted by Gasteiger charge is -2.06. The highest BCUT2D eigenvalue weighted by Gasteiger charge is 1.96. The Kier molecular flexibility index (Phi) is 3.25. The van der Waals surface area contributed by atoms with Gasteiger partial charge in [0.25, 0.3) is 0 Å². The second-order valence-electron chi connectivity index (χ2n) is 2.60. The van der Waals surface area contributed by atoms with Crippen molar-refractivity contribution in [3.63, 3.8) is 0 Å². The number of hydrogen-bond acceptors (Lipinski definition) is 4. The number of rotatable bonds is 3. The Hall–Kier alpha value is -0.870. The highest BCUT2D eigenvalue weighted by atomic mass is 35.5. The fourth-order valence-corrected chi connectivity index (χ4v) is 0.777. The highest BCUT2D eigenvalue weighted by molar-refractivity contribution is 6.29. The van der Waals surface area contributed by atoms with Gasteiger partial charge in [-0.2, -0.15) is 0 Å². The second kappa shape index (κ2) is 4.23. The molecule has 12 heavy (non-hydrogen) atoms. The van der Waals surface area contributed by atoms with Gasteiger partial charge in [0.15, 0.2) is 5.15 Å². The van der Waals surface area contributed by atoms with Crippen molar-refractivity contribution in [2.24, 2.45) is 5.73 Å². The molecule has 1 aromatic rings. The van der Waals surface area contributed by atoms with Crippen LogP contribution in [0.25, 0.3) is 0 Å². The van der Waals surface area contributed by atoms with Crippen LogP contribution in [-0.2, 0) is 0 Å². The van der Waals surface area contributed by atoms with E-state index in [1.54, 1.807) is 12.1 Å². The van der Waals surface area contributed by atoms with E-state index >= 15 is 0 Å². The van der Waals surface area contributed by atoms with Gasteiger partial charge in [-0.3, -0.25) is 0 Å². The van der Waals surface area contributed by atoms with Crippen molar-refractivity contribution in [3.05, 3.63) is 17.3 Å². The molecule has 0 radical (unpaired) electrons. The first-order valence-corrected chi connectivity index (χ1v) is 4.05. The molecule has 0 aliphatic rings. The molecule has 1 atom stereocenters. The average Bonchev–Trinajstić information content (AvgIpc) is 2.03. The molecule has 0 aliphatic heterocycles. The zero-order chi connectivity index (χ0) is 8.97. The first-order valence-electron chi connectivity index (χ1n) is 3.67. The molecule has 0 aromatic carbocycles. The van der Waals surface area contributed by atoms with Gasteiger partial charge in [0.1, 0.15) is 5.82 Å². The number of hydrogen-bond donors (Lipinski definition) is 2. The van der Waals surface area contributed by atoms with E-state index in [1.807, 2.05) is 6.92 Å². The predicted octanol–water partition coefficient (Wildman–Crippen LogP) is 0.889. The summed E-state index contributed by atoms with van der Waals surface area (Å²) in [6.45, 7) is 2.59. The van der Waals surface area contributed by atoms with Gasteiger partial charge < -0.3 is 11.1 Å². The minimum absolute atomic E-state index is 0.0995. The summed E-state index contributed by atoms with van der Waals surface area (Å²) in [6.07, 6.45) is 0. The quantitative estimate of drug-likeness (QED) is 0.736. The monoisotopic (exact) mass is 186 g/mol. The van der Waals surface area contributed by atoms with Gasteiger partial charge in [0, 0.05) is 12.6 Å². The molecular weight excluding hydrogens is 176 g/mol. The third-order valence-corrected chi connectivity index (χ3v) is 1.44. The maximum absolute atomic E-state index is 5.55. The maximum Gasteiger partial charge on any atom is 0.151 e. The van der Waals surface area contributed by atoms with Crippen molar-refractivity contribution >= 4 is 17.4 Å². The normalized spacial score (nSPS) is 12.6. The van der Waals surface area contributed by atoms with Gasteiger partial charge in [-0.1, -0.05) is 11.6 Å². The molecule has 0 fully saturated rings. The minimum Gasteiger partial charge on any atom is -0.367 e. The lowest BCUT2D eigenvalue weighted by molar-refractivity contribution is 0.774. The van der Waals surface area contributed by atoms with Crippen LogP contribution in [0.4, 0.5) is 5.82 Å².